The molecular weight excluding hydrogens is 534 g/mol. The maximum atomic E-state index is 13.7. The van der Waals surface area contributed by atoms with Gasteiger partial charge in [0.15, 0.2) is 15.5 Å². The van der Waals surface area contributed by atoms with E-state index in [1.807, 2.05) is 16.8 Å². The fourth-order valence-corrected chi connectivity index (χ4v) is 7.53. The van der Waals surface area contributed by atoms with E-state index in [4.69, 9.17) is 19.3 Å². The lowest BCUT2D eigenvalue weighted by atomic mass is 10.0. The average molecular weight is 576 g/mol. The Hall–Kier alpha value is -2.35. The van der Waals surface area contributed by atoms with E-state index in [-0.39, 0.29) is 23.4 Å². The summed E-state index contributed by atoms with van der Waals surface area (Å²) in [5.41, 5.74) is 2.20. The SMILES string of the molecule is COCCN(CCOC)CCN1CCCC(n2nc(C(=O)N3CCOCC3)c3c2-c2ccccc2S(=O)(=O)C3)C1. The Morgan fingerprint density at radius 1 is 1.07 bits per heavy atom. The molecule has 1 atom stereocenters. The first kappa shape index (κ1) is 29.2. The molecule has 0 aliphatic carbocycles. The molecule has 12 heteroatoms. The zero-order valence-corrected chi connectivity index (χ0v) is 24.4. The van der Waals surface area contributed by atoms with Crippen molar-refractivity contribution < 1.29 is 27.4 Å². The molecule has 1 unspecified atom stereocenters. The molecule has 0 radical (unpaired) electrons. The first-order valence-electron chi connectivity index (χ1n) is 14.2. The van der Waals surface area contributed by atoms with Crippen molar-refractivity contribution in [3.05, 3.63) is 35.5 Å². The summed E-state index contributed by atoms with van der Waals surface area (Å²) in [5, 5.41) is 4.92. The number of hydrogen-bond donors (Lipinski definition) is 0. The molecule has 1 aromatic heterocycles. The van der Waals surface area contributed by atoms with Gasteiger partial charge in [0.05, 0.1) is 48.8 Å². The quantitative estimate of drug-likeness (QED) is 0.394. The highest BCUT2D eigenvalue weighted by molar-refractivity contribution is 7.90. The van der Waals surface area contributed by atoms with Gasteiger partial charge in [0.25, 0.3) is 5.91 Å². The second kappa shape index (κ2) is 13.1. The molecule has 2 fully saturated rings. The zero-order valence-electron chi connectivity index (χ0n) is 23.6. The zero-order chi connectivity index (χ0) is 28.1. The van der Waals surface area contributed by atoms with E-state index in [1.165, 1.54) is 0 Å². The van der Waals surface area contributed by atoms with Crippen LogP contribution in [0.1, 0.15) is 34.9 Å². The van der Waals surface area contributed by atoms with Gasteiger partial charge >= 0.3 is 0 Å². The largest absolute Gasteiger partial charge is 0.383 e. The van der Waals surface area contributed by atoms with Crippen molar-refractivity contribution in [2.75, 3.05) is 93.0 Å². The van der Waals surface area contributed by atoms with Gasteiger partial charge in [-0.2, -0.15) is 5.10 Å². The number of amides is 1. The molecule has 4 heterocycles. The van der Waals surface area contributed by atoms with Crippen molar-refractivity contribution in [2.45, 2.75) is 29.5 Å². The van der Waals surface area contributed by atoms with Gasteiger partial charge in [-0.05, 0) is 25.5 Å². The summed E-state index contributed by atoms with van der Waals surface area (Å²) < 4.78 is 44.6. The minimum Gasteiger partial charge on any atom is -0.383 e. The molecule has 1 aromatic carbocycles. The lowest BCUT2D eigenvalue weighted by molar-refractivity contribution is 0.0297. The molecule has 220 valence electrons. The van der Waals surface area contributed by atoms with E-state index >= 15 is 0 Å². The molecule has 2 saturated heterocycles. The van der Waals surface area contributed by atoms with Gasteiger partial charge in [0.1, 0.15) is 0 Å². The maximum absolute atomic E-state index is 13.7. The second-order valence-corrected chi connectivity index (χ2v) is 12.7. The monoisotopic (exact) mass is 575 g/mol. The third-order valence-corrected chi connectivity index (χ3v) is 9.80. The molecule has 1 amide bonds. The number of carbonyl (C=O) groups is 1. The van der Waals surface area contributed by atoms with Crippen LogP contribution >= 0.6 is 0 Å². The van der Waals surface area contributed by atoms with E-state index in [9.17, 15) is 13.2 Å². The van der Waals surface area contributed by atoms with Crippen LogP contribution in [0.25, 0.3) is 11.3 Å². The van der Waals surface area contributed by atoms with E-state index in [1.54, 1.807) is 31.3 Å². The standard InChI is InChI=1S/C28H41N5O6S/c1-37-16-12-30(13-17-38-2)10-11-31-9-5-6-22(20-31)33-27-23-7-3-4-8-25(23)40(35,36)21-24(27)26(29-33)28(34)32-14-18-39-19-15-32/h3-4,7-8,22H,5-6,9-21H2,1-2H3. The van der Waals surface area contributed by atoms with Crippen LogP contribution in [0, 0.1) is 0 Å². The van der Waals surface area contributed by atoms with Crippen molar-refractivity contribution >= 4 is 15.7 Å². The summed E-state index contributed by atoms with van der Waals surface area (Å²) in [7, 11) is -0.153. The van der Waals surface area contributed by atoms with Crippen LogP contribution in [0.4, 0.5) is 0 Å². The average Bonchev–Trinajstić information content (AvgIpc) is 3.35. The topological polar surface area (TPSA) is 106 Å². The van der Waals surface area contributed by atoms with Gasteiger partial charge in [0.2, 0.25) is 0 Å². The number of hydrogen-bond acceptors (Lipinski definition) is 9. The van der Waals surface area contributed by atoms with Gasteiger partial charge in [-0.3, -0.25) is 19.3 Å². The van der Waals surface area contributed by atoms with Gasteiger partial charge < -0.3 is 19.1 Å². The lowest BCUT2D eigenvalue weighted by Crippen LogP contribution is -2.43. The van der Waals surface area contributed by atoms with Crippen molar-refractivity contribution in [3.8, 4) is 11.3 Å². The normalized spacial score (nSPS) is 20.9. The summed E-state index contributed by atoms with van der Waals surface area (Å²) in [6.45, 7) is 8.53. The molecule has 5 rings (SSSR count). The predicted molar refractivity (Wildman–Crippen MR) is 150 cm³/mol. The highest BCUT2D eigenvalue weighted by atomic mass is 32.2. The third kappa shape index (κ3) is 6.27. The minimum atomic E-state index is -3.59. The molecular formula is C28H41N5O6S. The van der Waals surface area contributed by atoms with E-state index in [0.29, 0.717) is 55.5 Å². The Bertz CT molecular complexity index is 1270. The van der Waals surface area contributed by atoms with E-state index in [0.717, 1.165) is 57.8 Å². The molecule has 3 aliphatic rings. The number of rotatable bonds is 11. The number of aromatic nitrogens is 2. The lowest BCUT2D eigenvalue weighted by Gasteiger charge is -2.35. The van der Waals surface area contributed by atoms with Crippen LogP contribution in [-0.4, -0.2) is 132 Å². The predicted octanol–water partition coefficient (Wildman–Crippen LogP) is 1.54. The highest BCUT2D eigenvalue weighted by Gasteiger charge is 2.38. The molecule has 0 bridgehead atoms. The number of piperidine rings is 1. The fourth-order valence-electron chi connectivity index (χ4n) is 5.94. The smallest absolute Gasteiger partial charge is 0.274 e. The number of carbonyl (C=O) groups excluding carboxylic acids is 1. The number of methoxy groups -OCH3 is 2. The Labute approximate surface area is 236 Å². The number of morpholine rings is 1. The molecule has 2 aromatic rings. The van der Waals surface area contributed by atoms with Crippen LogP contribution in [-0.2, 0) is 29.8 Å². The van der Waals surface area contributed by atoms with Crippen LogP contribution < -0.4 is 0 Å². The first-order valence-corrected chi connectivity index (χ1v) is 15.8. The highest BCUT2D eigenvalue weighted by Crippen LogP contribution is 2.41. The van der Waals surface area contributed by atoms with Gasteiger partial charge in [-0.15, -0.1) is 0 Å². The number of sulfone groups is 1. The van der Waals surface area contributed by atoms with Crippen LogP contribution in [0.15, 0.2) is 29.2 Å². The van der Waals surface area contributed by atoms with E-state index < -0.39 is 9.84 Å². The Morgan fingerprint density at radius 3 is 2.52 bits per heavy atom. The summed E-state index contributed by atoms with van der Waals surface area (Å²) in [4.78, 5) is 20.5. The summed E-state index contributed by atoms with van der Waals surface area (Å²) in [6.07, 6.45) is 1.92. The number of likely N-dealkylation sites (tertiary alicyclic amines) is 1. The van der Waals surface area contributed by atoms with Crippen molar-refractivity contribution in [2.24, 2.45) is 0 Å². The summed E-state index contributed by atoms with van der Waals surface area (Å²) in [6, 6.07) is 7.15. The van der Waals surface area contributed by atoms with Crippen molar-refractivity contribution in [1.82, 2.24) is 24.5 Å². The molecule has 0 N–H and O–H groups in total. The fraction of sp³-hybridized carbons (Fsp3) is 0.643. The maximum Gasteiger partial charge on any atom is 0.274 e. The number of fused-ring (bicyclic) bond motifs is 3. The van der Waals surface area contributed by atoms with Crippen molar-refractivity contribution in [1.29, 1.82) is 0 Å². The van der Waals surface area contributed by atoms with Gasteiger partial charge in [-0.1, -0.05) is 18.2 Å². The number of benzene rings is 1. The summed E-state index contributed by atoms with van der Waals surface area (Å²) in [5.74, 6) is -0.428. The second-order valence-electron chi connectivity index (χ2n) is 10.7. The molecule has 11 nitrogen and oxygen atoms in total. The molecule has 40 heavy (non-hydrogen) atoms. The number of nitrogens with zero attached hydrogens (tertiary/aromatic N) is 5. The van der Waals surface area contributed by atoms with Gasteiger partial charge in [0, 0.05) is 71.2 Å². The Kier molecular flexibility index (Phi) is 9.54. The molecule has 0 spiro atoms. The molecule has 0 saturated carbocycles. The van der Waals surface area contributed by atoms with Crippen LogP contribution in [0.5, 0.6) is 0 Å². The molecule has 3 aliphatic heterocycles. The van der Waals surface area contributed by atoms with Gasteiger partial charge in [-0.25, -0.2) is 8.42 Å². The first-order chi connectivity index (χ1) is 19.4. The Morgan fingerprint density at radius 2 is 1.80 bits per heavy atom. The van der Waals surface area contributed by atoms with Crippen LogP contribution in [0.2, 0.25) is 0 Å². The number of ether oxygens (including phenoxy) is 3. The summed E-state index contributed by atoms with van der Waals surface area (Å²) >= 11 is 0. The Balaban J connectivity index is 1.43. The van der Waals surface area contributed by atoms with E-state index in [2.05, 4.69) is 9.80 Å². The van der Waals surface area contributed by atoms with Crippen molar-refractivity contribution in [3.63, 3.8) is 0 Å². The van der Waals surface area contributed by atoms with Crippen LogP contribution in [0.3, 0.4) is 0 Å². The third-order valence-electron chi connectivity index (χ3n) is 8.10. The minimum absolute atomic E-state index is 0.0361.